The molecule has 104 valence electrons. The molecule has 0 spiro atoms. The van der Waals surface area contributed by atoms with Crippen LogP contribution in [-0.2, 0) is 16.6 Å². The molecule has 1 atom stereocenters. The van der Waals surface area contributed by atoms with Crippen LogP contribution in [0.3, 0.4) is 0 Å². The molecule has 0 aliphatic rings. The minimum absolute atomic E-state index is 0.0173. The highest BCUT2D eigenvalue weighted by molar-refractivity contribution is 7.91. The van der Waals surface area contributed by atoms with Crippen LogP contribution < -0.4 is 5.73 Å². The van der Waals surface area contributed by atoms with Crippen molar-refractivity contribution in [3.8, 4) is 0 Å². The highest BCUT2D eigenvalue weighted by Gasteiger charge is 2.27. The Morgan fingerprint density at radius 2 is 2.11 bits per heavy atom. The van der Waals surface area contributed by atoms with Crippen LogP contribution in [0.15, 0.2) is 10.3 Å². The van der Waals surface area contributed by atoms with Crippen molar-refractivity contribution >= 4 is 21.4 Å². The Balaban J connectivity index is 3.05. The maximum Gasteiger partial charge on any atom is 0.252 e. The summed E-state index contributed by atoms with van der Waals surface area (Å²) in [6.45, 7) is 6.28. The molecule has 0 aliphatic heterocycles. The van der Waals surface area contributed by atoms with Crippen molar-refractivity contribution < 1.29 is 8.42 Å². The molecule has 1 unspecified atom stereocenters. The third-order valence-corrected chi connectivity index (χ3v) is 6.82. The van der Waals surface area contributed by atoms with Gasteiger partial charge in [0.15, 0.2) is 0 Å². The number of hydrogen-bond acceptors (Lipinski definition) is 4. The van der Waals surface area contributed by atoms with Gasteiger partial charge in [0.1, 0.15) is 4.21 Å². The number of thiophene rings is 1. The molecule has 0 saturated carbocycles. The van der Waals surface area contributed by atoms with E-state index in [1.807, 2.05) is 13.8 Å². The van der Waals surface area contributed by atoms with Gasteiger partial charge in [-0.15, -0.1) is 11.3 Å². The van der Waals surface area contributed by atoms with Crippen LogP contribution in [0.25, 0.3) is 0 Å². The summed E-state index contributed by atoms with van der Waals surface area (Å²) in [6, 6.07) is 1.74. The summed E-state index contributed by atoms with van der Waals surface area (Å²) >= 11 is 1.28. The maximum atomic E-state index is 12.4. The van der Waals surface area contributed by atoms with Gasteiger partial charge in [0.25, 0.3) is 10.0 Å². The topological polar surface area (TPSA) is 63.4 Å². The van der Waals surface area contributed by atoms with E-state index >= 15 is 0 Å². The Kier molecular flexibility index (Phi) is 5.33. The lowest BCUT2D eigenvalue weighted by molar-refractivity contribution is 0.369. The second-order valence-electron chi connectivity index (χ2n) is 4.53. The van der Waals surface area contributed by atoms with E-state index in [4.69, 9.17) is 5.73 Å². The molecule has 0 aliphatic carbocycles. The van der Waals surface area contributed by atoms with Crippen molar-refractivity contribution in [1.29, 1.82) is 0 Å². The smallest absolute Gasteiger partial charge is 0.252 e. The van der Waals surface area contributed by atoms with Crippen molar-refractivity contribution in [2.75, 3.05) is 7.05 Å². The Morgan fingerprint density at radius 3 is 2.56 bits per heavy atom. The lowest BCUT2D eigenvalue weighted by atomic mass is 10.2. The molecular weight excluding hydrogens is 268 g/mol. The van der Waals surface area contributed by atoms with Gasteiger partial charge in [-0.3, -0.25) is 0 Å². The summed E-state index contributed by atoms with van der Waals surface area (Å²) in [5, 5.41) is 0. The van der Waals surface area contributed by atoms with Gasteiger partial charge in [-0.1, -0.05) is 13.3 Å². The van der Waals surface area contributed by atoms with Crippen molar-refractivity contribution in [3.05, 3.63) is 16.5 Å². The molecule has 18 heavy (non-hydrogen) atoms. The largest absolute Gasteiger partial charge is 0.326 e. The quantitative estimate of drug-likeness (QED) is 0.874. The monoisotopic (exact) mass is 290 g/mol. The Hall–Kier alpha value is -0.430. The molecular formula is C12H22N2O2S2. The average Bonchev–Trinajstić information content (AvgIpc) is 2.70. The third kappa shape index (κ3) is 3.12. The van der Waals surface area contributed by atoms with Gasteiger partial charge >= 0.3 is 0 Å². The number of nitrogens with zero attached hydrogens (tertiary/aromatic N) is 1. The van der Waals surface area contributed by atoms with Crippen molar-refractivity contribution in [1.82, 2.24) is 4.31 Å². The van der Waals surface area contributed by atoms with E-state index in [0.717, 1.165) is 23.3 Å². The minimum Gasteiger partial charge on any atom is -0.326 e. The number of nitrogens with two attached hydrogens (primary N) is 1. The van der Waals surface area contributed by atoms with Crippen molar-refractivity contribution in [2.45, 2.75) is 50.4 Å². The van der Waals surface area contributed by atoms with Gasteiger partial charge in [0.05, 0.1) is 0 Å². The van der Waals surface area contributed by atoms with E-state index in [1.165, 1.54) is 15.6 Å². The number of hydrogen-bond donors (Lipinski definition) is 1. The van der Waals surface area contributed by atoms with E-state index < -0.39 is 10.0 Å². The van der Waals surface area contributed by atoms with Gasteiger partial charge in [0.2, 0.25) is 0 Å². The molecule has 2 N–H and O–H groups in total. The molecule has 0 radical (unpaired) electrons. The van der Waals surface area contributed by atoms with Crippen LogP contribution in [0, 0.1) is 6.92 Å². The van der Waals surface area contributed by atoms with Crippen LogP contribution >= 0.6 is 11.3 Å². The fourth-order valence-corrected chi connectivity index (χ4v) is 4.84. The van der Waals surface area contributed by atoms with E-state index in [-0.39, 0.29) is 6.04 Å². The predicted molar refractivity (Wildman–Crippen MR) is 76.3 cm³/mol. The molecule has 0 amide bonds. The molecule has 1 heterocycles. The summed E-state index contributed by atoms with van der Waals surface area (Å²) in [6.07, 6.45) is 1.84. The van der Waals surface area contributed by atoms with Crippen LogP contribution in [-0.4, -0.2) is 25.8 Å². The van der Waals surface area contributed by atoms with E-state index in [1.54, 1.807) is 13.1 Å². The summed E-state index contributed by atoms with van der Waals surface area (Å²) in [5.74, 6) is 0. The second-order valence-corrected chi connectivity index (χ2v) is 7.90. The van der Waals surface area contributed by atoms with Gasteiger partial charge in [-0.05, 0) is 31.9 Å². The third-order valence-electron chi connectivity index (χ3n) is 3.14. The predicted octanol–water partition coefficient (Wildman–Crippen LogP) is 2.32. The van der Waals surface area contributed by atoms with Gasteiger partial charge in [0, 0.05) is 24.5 Å². The SMILES string of the molecule is CCCC(C)N(C)S(=O)(=O)c1cc(C)c(CN)s1. The zero-order valence-electron chi connectivity index (χ0n) is 11.4. The number of aryl methyl sites for hydroxylation is 1. The minimum atomic E-state index is -3.38. The van der Waals surface area contributed by atoms with E-state index in [0.29, 0.717) is 10.8 Å². The molecule has 0 fully saturated rings. The Bertz CT molecular complexity index is 494. The number of rotatable bonds is 6. The molecule has 4 nitrogen and oxygen atoms in total. The molecule has 6 heteroatoms. The van der Waals surface area contributed by atoms with Crippen LogP contribution in [0.5, 0.6) is 0 Å². The van der Waals surface area contributed by atoms with Crippen molar-refractivity contribution in [3.63, 3.8) is 0 Å². The summed E-state index contributed by atoms with van der Waals surface area (Å²) < 4.78 is 26.7. The Labute approximate surface area is 114 Å². The standard InChI is InChI=1S/C12H22N2O2S2/c1-5-6-10(3)14(4)18(15,16)12-7-9(2)11(8-13)17-12/h7,10H,5-6,8,13H2,1-4H3. The molecule has 0 aromatic carbocycles. The molecule has 1 aromatic heterocycles. The fraction of sp³-hybridized carbons (Fsp3) is 0.667. The molecule has 1 aromatic rings. The lowest BCUT2D eigenvalue weighted by Crippen LogP contribution is -2.34. The molecule has 0 saturated heterocycles. The van der Waals surface area contributed by atoms with Crippen LogP contribution in [0.4, 0.5) is 0 Å². The number of sulfonamides is 1. The summed E-state index contributed by atoms with van der Waals surface area (Å²) in [4.78, 5) is 0.935. The van der Waals surface area contributed by atoms with Gasteiger partial charge < -0.3 is 5.73 Å². The van der Waals surface area contributed by atoms with E-state index in [2.05, 4.69) is 6.92 Å². The van der Waals surface area contributed by atoms with Gasteiger partial charge in [-0.25, -0.2) is 8.42 Å². The fourth-order valence-electron chi connectivity index (χ4n) is 1.80. The first kappa shape index (κ1) is 15.6. The normalized spacial score (nSPS) is 14.1. The molecule has 1 rings (SSSR count). The first-order chi connectivity index (χ1) is 8.34. The highest BCUT2D eigenvalue weighted by Crippen LogP contribution is 2.28. The van der Waals surface area contributed by atoms with Crippen molar-refractivity contribution in [2.24, 2.45) is 5.73 Å². The highest BCUT2D eigenvalue weighted by atomic mass is 32.2. The van der Waals surface area contributed by atoms with Crippen LogP contribution in [0.2, 0.25) is 0 Å². The second kappa shape index (κ2) is 6.14. The first-order valence-corrected chi connectivity index (χ1v) is 8.37. The first-order valence-electron chi connectivity index (χ1n) is 6.12. The van der Waals surface area contributed by atoms with E-state index in [9.17, 15) is 8.42 Å². The zero-order valence-corrected chi connectivity index (χ0v) is 13.1. The summed E-state index contributed by atoms with van der Waals surface area (Å²) in [7, 11) is -1.73. The Morgan fingerprint density at radius 1 is 1.50 bits per heavy atom. The molecule has 0 bridgehead atoms. The lowest BCUT2D eigenvalue weighted by Gasteiger charge is -2.23. The zero-order chi connectivity index (χ0) is 13.9. The van der Waals surface area contributed by atoms with Gasteiger partial charge in [-0.2, -0.15) is 4.31 Å². The van der Waals surface area contributed by atoms with Crippen LogP contribution in [0.1, 0.15) is 37.1 Å². The average molecular weight is 290 g/mol. The summed E-state index contributed by atoms with van der Waals surface area (Å²) in [5.41, 5.74) is 6.55. The maximum absolute atomic E-state index is 12.4.